The maximum absolute atomic E-state index is 6.44. The van der Waals surface area contributed by atoms with E-state index in [1.54, 1.807) is 0 Å². The van der Waals surface area contributed by atoms with Crippen molar-refractivity contribution in [2.45, 2.75) is 13.5 Å². The van der Waals surface area contributed by atoms with Crippen molar-refractivity contribution in [2.24, 2.45) is 0 Å². The van der Waals surface area contributed by atoms with Gasteiger partial charge in [-0.2, -0.15) is 4.57 Å². The van der Waals surface area contributed by atoms with Crippen LogP contribution in [0.3, 0.4) is 0 Å². The van der Waals surface area contributed by atoms with Crippen LogP contribution in [0, 0.1) is 6.92 Å². The van der Waals surface area contributed by atoms with Gasteiger partial charge in [0.15, 0.2) is 12.2 Å². The first-order valence-corrected chi connectivity index (χ1v) is 9.49. The van der Waals surface area contributed by atoms with Gasteiger partial charge in [-0.3, -0.25) is 0 Å². The van der Waals surface area contributed by atoms with Gasteiger partial charge in [-0.25, -0.2) is 0 Å². The van der Waals surface area contributed by atoms with E-state index in [1.807, 2.05) is 18.2 Å². The molecule has 1 aromatic heterocycles. The van der Waals surface area contributed by atoms with E-state index in [-0.39, 0.29) is 0 Å². The van der Waals surface area contributed by atoms with E-state index < -0.39 is 0 Å². The molecular formula is C25H21ClN+. The zero-order valence-electron chi connectivity index (χ0n) is 15.3. The predicted octanol–water partition coefficient (Wildman–Crippen LogP) is 6.32. The molecule has 4 rings (SSSR count). The lowest BCUT2D eigenvalue weighted by molar-refractivity contribution is -0.683. The number of nitrogens with zero attached hydrogens (tertiary/aromatic N) is 1. The van der Waals surface area contributed by atoms with E-state index in [0.29, 0.717) is 0 Å². The van der Waals surface area contributed by atoms with Crippen molar-refractivity contribution in [1.29, 1.82) is 0 Å². The van der Waals surface area contributed by atoms with Crippen molar-refractivity contribution in [3.63, 3.8) is 0 Å². The lowest BCUT2D eigenvalue weighted by atomic mass is 10.0. The number of aryl methyl sites for hydroxylation is 1. The summed E-state index contributed by atoms with van der Waals surface area (Å²) in [6, 6.07) is 33.6. The molecule has 0 saturated carbocycles. The van der Waals surface area contributed by atoms with Crippen molar-refractivity contribution in [1.82, 2.24) is 0 Å². The van der Waals surface area contributed by atoms with Crippen LogP contribution in [0.25, 0.3) is 22.4 Å². The molecular weight excluding hydrogens is 350 g/mol. The van der Waals surface area contributed by atoms with E-state index in [4.69, 9.17) is 11.6 Å². The normalized spacial score (nSPS) is 10.7. The molecule has 0 N–H and O–H groups in total. The summed E-state index contributed by atoms with van der Waals surface area (Å²) in [5.41, 5.74) is 7.16. The fraction of sp³-hybridized carbons (Fsp3) is 0.0800. The number of hydrogen-bond acceptors (Lipinski definition) is 0. The Kier molecular flexibility index (Phi) is 5.04. The quantitative estimate of drug-likeness (QED) is 0.370. The summed E-state index contributed by atoms with van der Waals surface area (Å²) in [6.45, 7) is 2.90. The van der Waals surface area contributed by atoms with Gasteiger partial charge in [-0.05, 0) is 29.3 Å². The predicted molar refractivity (Wildman–Crippen MR) is 113 cm³/mol. The van der Waals surface area contributed by atoms with Crippen molar-refractivity contribution in [2.75, 3.05) is 0 Å². The molecule has 27 heavy (non-hydrogen) atoms. The SMILES string of the molecule is Cc1cc(-c2ccccc2)cc(-c2ccccc2)[n+]1Cc1ccccc1Cl. The zero-order valence-corrected chi connectivity index (χ0v) is 16.0. The molecule has 2 heteroatoms. The lowest BCUT2D eigenvalue weighted by Gasteiger charge is -2.11. The van der Waals surface area contributed by atoms with Crippen LogP contribution in [-0.4, -0.2) is 0 Å². The van der Waals surface area contributed by atoms with Gasteiger partial charge in [0.1, 0.15) is 0 Å². The third-order valence-corrected chi connectivity index (χ3v) is 5.20. The highest BCUT2D eigenvalue weighted by atomic mass is 35.5. The second kappa shape index (κ2) is 7.77. The van der Waals surface area contributed by atoms with E-state index in [1.165, 1.54) is 28.1 Å². The van der Waals surface area contributed by atoms with Gasteiger partial charge in [0.25, 0.3) is 0 Å². The van der Waals surface area contributed by atoms with E-state index in [2.05, 4.69) is 90.4 Å². The van der Waals surface area contributed by atoms with Gasteiger partial charge in [0, 0.05) is 30.2 Å². The van der Waals surface area contributed by atoms with Crippen LogP contribution in [0.15, 0.2) is 97.1 Å². The van der Waals surface area contributed by atoms with E-state index >= 15 is 0 Å². The molecule has 0 aliphatic rings. The zero-order chi connectivity index (χ0) is 18.6. The van der Waals surface area contributed by atoms with Crippen molar-refractivity contribution in [3.05, 3.63) is 113 Å². The third-order valence-electron chi connectivity index (χ3n) is 4.84. The molecule has 0 aliphatic carbocycles. The number of pyridine rings is 1. The first kappa shape index (κ1) is 17.5. The van der Waals surface area contributed by atoms with Crippen LogP contribution in [0.5, 0.6) is 0 Å². The Morgan fingerprint density at radius 2 is 1.26 bits per heavy atom. The van der Waals surface area contributed by atoms with Crippen molar-refractivity contribution in [3.8, 4) is 22.4 Å². The Balaban J connectivity index is 1.88. The largest absolute Gasteiger partial charge is 0.213 e. The summed E-state index contributed by atoms with van der Waals surface area (Å²) < 4.78 is 2.34. The van der Waals surface area contributed by atoms with E-state index in [9.17, 15) is 0 Å². The first-order chi connectivity index (χ1) is 13.2. The smallest absolute Gasteiger partial charge is 0.191 e. The molecule has 0 atom stereocenters. The maximum atomic E-state index is 6.44. The number of benzene rings is 3. The van der Waals surface area contributed by atoms with Crippen LogP contribution in [0.2, 0.25) is 5.02 Å². The summed E-state index contributed by atoms with van der Waals surface area (Å²) in [7, 11) is 0. The summed E-state index contributed by atoms with van der Waals surface area (Å²) in [6.07, 6.45) is 0. The van der Waals surface area contributed by atoms with Gasteiger partial charge in [-0.1, -0.05) is 78.3 Å². The molecule has 0 amide bonds. The van der Waals surface area contributed by atoms with Crippen LogP contribution in [0.4, 0.5) is 0 Å². The highest BCUT2D eigenvalue weighted by Gasteiger charge is 2.20. The average molecular weight is 371 g/mol. The lowest BCUT2D eigenvalue weighted by Crippen LogP contribution is -2.40. The minimum absolute atomic E-state index is 0.741. The van der Waals surface area contributed by atoms with Gasteiger partial charge in [-0.15, -0.1) is 0 Å². The molecule has 1 nitrogen and oxygen atoms in total. The highest BCUT2D eigenvalue weighted by molar-refractivity contribution is 6.31. The first-order valence-electron chi connectivity index (χ1n) is 9.11. The fourth-order valence-corrected chi connectivity index (χ4v) is 3.61. The Bertz CT molecular complexity index is 1060. The van der Waals surface area contributed by atoms with Crippen LogP contribution in [0.1, 0.15) is 11.3 Å². The highest BCUT2D eigenvalue weighted by Crippen LogP contribution is 2.26. The van der Waals surface area contributed by atoms with Crippen molar-refractivity contribution >= 4 is 11.6 Å². The summed E-state index contributed by atoms with van der Waals surface area (Å²) in [5.74, 6) is 0. The van der Waals surface area contributed by atoms with Gasteiger partial charge in [0.05, 0.1) is 5.02 Å². The van der Waals surface area contributed by atoms with E-state index in [0.717, 1.165) is 17.1 Å². The molecule has 0 fully saturated rings. The third kappa shape index (κ3) is 3.79. The molecule has 0 bridgehead atoms. The monoisotopic (exact) mass is 370 g/mol. The van der Waals surface area contributed by atoms with Crippen LogP contribution in [-0.2, 0) is 6.54 Å². The van der Waals surface area contributed by atoms with Crippen molar-refractivity contribution < 1.29 is 4.57 Å². The molecule has 0 radical (unpaired) electrons. The topological polar surface area (TPSA) is 3.88 Å². The summed E-state index contributed by atoms with van der Waals surface area (Å²) in [5, 5.41) is 0.801. The number of aromatic nitrogens is 1. The minimum atomic E-state index is 0.741. The molecule has 0 spiro atoms. The summed E-state index contributed by atoms with van der Waals surface area (Å²) >= 11 is 6.44. The second-order valence-electron chi connectivity index (χ2n) is 6.68. The number of halogens is 1. The maximum Gasteiger partial charge on any atom is 0.213 e. The Morgan fingerprint density at radius 3 is 1.93 bits per heavy atom. The Labute approximate surface area is 165 Å². The molecule has 3 aromatic carbocycles. The van der Waals surface area contributed by atoms with Gasteiger partial charge < -0.3 is 0 Å². The minimum Gasteiger partial charge on any atom is -0.191 e. The van der Waals surface area contributed by atoms with Crippen LogP contribution >= 0.6 is 11.6 Å². The Hall–Kier alpha value is -2.90. The number of hydrogen-bond donors (Lipinski definition) is 0. The molecule has 4 aromatic rings. The van der Waals surface area contributed by atoms with Gasteiger partial charge in [0.2, 0.25) is 5.69 Å². The number of rotatable bonds is 4. The standard InChI is InChI=1S/C25H21ClN/c1-19-16-23(20-10-4-2-5-11-20)17-25(21-12-6-3-7-13-21)27(19)18-22-14-8-9-15-24(22)26/h2-17H,18H2,1H3/q+1. The van der Waals surface area contributed by atoms with Gasteiger partial charge >= 0.3 is 0 Å². The summed E-state index contributed by atoms with van der Waals surface area (Å²) in [4.78, 5) is 0. The fourth-order valence-electron chi connectivity index (χ4n) is 3.41. The molecule has 0 aliphatic heterocycles. The molecule has 132 valence electrons. The second-order valence-corrected chi connectivity index (χ2v) is 7.09. The molecule has 0 unspecified atom stereocenters. The molecule has 1 heterocycles. The average Bonchev–Trinajstić information content (AvgIpc) is 2.72. The molecule has 0 saturated heterocycles. The van der Waals surface area contributed by atoms with Crippen LogP contribution < -0.4 is 4.57 Å². The Morgan fingerprint density at radius 1 is 0.667 bits per heavy atom.